The lowest BCUT2D eigenvalue weighted by molar-refractivity contribution is 0.598. The molecule has 0 saturated carbocycles. The zero-order valence-electron chi connectivity index (χ0n) is 13.8. The maximum absolute atomic E-state index is 12.3. The largest absolute Gasteiger partial charge is 0.377 e. The molecule has 0 spiro atoms. The van der Waals surface area contributed by atoms with Crippen molar-refractivity contribution in [2.24, 2.45) is 15.3 Å². The van der Waals surface area contributed by atoms with Gasteiger partial charge in [-0.1, -0.05) is 48.0 Å². The van der Waals surface area contributed by atoms with Gasteiger partial charge in [0.15, 0.2) is 5.17 Å². The molecule has 0 aliphatic rings. The van der Waals surface area contributed by atoms with Crippen molar-refractivity contribution in [2.45, 2.75) is 11.8 Å². The SMILES string of the molecule is Cc1ccc(-c2cccc3cc(S(=O)(=O)N=C(N)SN)ccc23)c(Cl)c1. The van der Waals surface area contributed by atoms with Crippen LogP contribution in [0.4, 0.5) is 0 Å². The third kappa shape index (κ3) is 3.71. The van der Waals surface area contributed by atoms with Crippen LogP contribution in [0.3, 0.4) is 0 Å². The molecular formula is C18H16ClN3O2S2. The van der Waals surface area contributed by atoms with E-state index in [-0.39, 0.29) is 10.1 Å². The minimum Gasteiger partial charge on any atom is -0.377 e. The summed E-state index contributed by atoms with van der Waals surface area (Å²) in [6.07, 6.45) is 0. The summed E-state index contributed by atoms with van der Waals surface area (Å²) in [5.41, 5.74) is 8.32. The lowest BCUT2D eigenvalue weighted by Gasteiger charge is -2.10. The molecule has 0 unspecified atom stereocenters. The molecule has 3 aromatic rings. The van der Waals surface area contributed by atoms with Crippen molar-refractivity contribution >= 4 is 49.5 Å². The fraction of sp³-hybridized carbons (Fsp3) is 0.0556. The molecule has 0 aliphatic carbocycles. The highest BCUT2D eigenvalue weighted by molar-refractivity contribution is 8.12. The topological polar surface area (TPSA) is 98.5 Å². The van der Waals surface area contributed by atoms with Crippen LogP contribution in [0.2, 0.25) is 5.02 Å². The molecule has 3 aromatic carbocycles. The molecule has 0 aromatic heterocycles. The highest BCUT2D eigenvalue weighted by atomic mass is 35.5. The molecule has 0 saturated heterocycles. The molecule has 134 valence electrons. The van der Waals surface area contributed by atoms with E-state index in [1.165, 1.54) is 6.07 Å². The fourth-order valence-corrected chi connectivity index (χ4v) is 4.35. The summed E-state index contributed by atoms with van der Waals surface area (Å²) in [7, 11) is -3.92. The number of fused-ring (bicyclic) bond motifs is 1. The molecule has 8 heteroatoms. The Morgan fingerprint density at radius 3 is 2.54 bits per heavy atom. The van der Waals surface area contributed by atoms with Crippen LogP contribution in [-0.4, -0.2) is 13.6 Å². The summed E-state index contributed by atoms with van der Waals surface area (Å²) >= 11 is 6.99. The van der Waals surface area contributed by atoms with Gasteiger partial charge in [0.2, 0.25) is 0 Å². The number of hydrogen-bond donors (Lipinski definition) is 2. The van der Waals surface area contributed by atoms with Crippen molar-refractivity contribution in [2.75, 3.05) is 0 Å². The first-order valence-electron chi connectivity index (χ1n) is 7.58. The number of halogens is 1. The van der Waals surface area contributed by atoms with Crippen LogP contribution in [0.5, 0.6) is 0 Å². The number of benzene rings is 3. The van der Waals surface area contributed by atoms with Gasteiger partial charge in [0.05, 0.1) is 4.90 Å². The van der Waals surface area contributed by atoms with Gasteiger partial charge in [-0.25, -0.2) is 0 Å². The van der Waals surface area contributed by atoms with Crippen molar-refractivity contribution in [3.63, 3.8) is 0 Å². The van der Waals surface area contributed by atoms with Crippen molar-refractivity contribution < 1.29 is 8.42 Å². The summed E-state index contributed by atoms with van der Waals surface area (Å²) in [6, 6.07) is 16.3. The standard InChI is InChI=1S/C18H16ClN3O2S2/c1-11-5-7-16(17(19)9-11)15-4-2-3-12-10-13(6-8-14(12)15)26(23,24)22-18(20)25-21/h2-10H,21H2,1H3,(H2,20,22). The number of amidine groups is 1. The van der Waals surface area contributed by atoms with Gasteiger partial charge in [0, 0.05) is 10.6 Å². The van der Waals surface area contributed by atoms with Gasteiger partial charge < -0.3 is 5.73 Å². The summed E-state index contributed by atoms with van der Waals surface area (Å²) in [4.78, 5) is 0.0501. The summed E-state index contributed by atoms with van der Waals surface area (Å²) < 4.78 is 28.2. The van der Waals surface area contributed by atoms with Crippen LogP contribution in [0.25, 0.3) is 21.9 Å². The summed E-state index contributed by atoms with van der Waals surface area (Å²) in [6.45, 7) is 1.97. The smallest absolute Gasteiger partial charge is 0.284 e. The van der Waals surface area contributed by atoms with Crippen LogP contribution in [-0.2, 0) is 10.0 Å². The Morgan fingerprint density at radius 1 is 1.08 bits per heavy atom. The minimum absolute atomic E-state index is 0.0501. The lowest BCUT2D eigenvalue weighted by atomic mass is 9.97. The van der Waals surface area contributed by atoms with E-state index < -0.39 is 10.0 Å². The van der Waals surface area contributed by atoms with Crippen molar-refractivity contribution in [3.05, 3.63) is 65.2 Å². The number of sulfonamides is 1. The van der Waals surface area contributed by atoms with E-state index in [1.54, 1.807) is 12.1 Å². The Labute approximate surface area is 161 Å². The fourth-order valence-electron chi connectivity index (χ4n) is 2.69. The Kier molecular flexibility index (Phi) is 5.24. The number of nitrogens with two attached hydrogens (primary N) is 2. The maximum Gasteiger partial charge on any atom is 0.284 e. The second-order valence-corrected chi connectivity index (χ2v) is 8.36. The van der Waals surface area contributed by atoms with Crippen LogP contribution in [0.1, 0.15) is 5.56 Å². The molecule has 3 rings (SSSR count). The molecule has 0 heterocycles. The molecule has 0 aliphatic heterocycles. The Bertz CT molecular complexity index is 1130. The zero-order chi connectivity index (χ0) is 18.9. The molecule has 0 bridgehead atoms. The maximum atomic E-state index is 12.3. The highest BCUT2D eigenvalue weighted by Gasteiger charge is 2.16. The molecule has 4 N–H and O–H groups in total. The zero-order valence-corrected chi connectivity index (χ0v) is 16.2. The number of nitrogens with zero attached hydrogens (tertiary/aromatic N) is 1. The van der Waals surface area contributed by atoms with E-state index in [0.29, 0.717) is 17.0 Å². The van der Waals surface area contributed by atoms with Crippen LogP contribution >= 0.6 is 23.5 Å². The number of rotatable bonds is 3. The predicted octanol–water partition coefficient (Wildman–Crippen LogP) is 4.08. The van der Waals surface area contributed by atoms with Crippen LogP contribution in [0, 0.1) is 6.92 Å². The van der Waals surface area contributed by atoms with E-state index in [0.717, 1.165) is 27.5 Å². The van der Waals surface area contributed by atoms with Gasteiger partial charge in [0.1, 0.15) is 0 Å². The van der Waals surface area contributed by atoms with Gasteiger partial charge in [-0.2, -0.15) is 8.42 Å². The van der Waals surface area contributed by atoms with E-state index in [1.807, 2.05) is 43.3 Å². The lowest BCUT2D eigenvalue weighted by Crippen LogP contribution is -2.12. The van der Waals surface area contributed by atoms with Gasteiger partial charge in [0.25, 0.3) is 10.0 Å². The second-order valence-electron chi connectivity index (χ2n) is 5.69. The normalized spacial score (nSPS) is 12.5. The molecule has 0 radical (unpaired) electrons. The van der Waals surface area contributed by atoms with Crippen LogP contribution < -0.4 is 10.9 Å². The summed E-state index contributed by atoms with van der Waals surface area (Å²) in [5, 5.41) is 7.32. The average molecular weight is 406 g/mol. The first-order chi connectivity index (χ1) is 12.3. The average Bonchev–Trinajstić information content (AvgIpc) is 2.60. The van der Waals surface area contributed by atoms with E-state index >= 15 is 0 Å². The third-order valence-corrected chi connectivity index (χ3v) is 5.94. The van der Waals surface area contributed by atoms with E-state index in [4.69, 9.17) is 22.5 Å². The van der Waals surface area contributed by atoms with Crippen molar-refractivity contribution in [1.82, 2.24) is 0 Å². The van der Waals surface area contributed by atoms with Crippen LogP contribution in [0.15, 0.2) is 63.9 Å². The van der Waals surface area contributed by atoms with Crippen molar-refractivity contribution in [3.8, 4) is 11.1 Å². The quantitative estimate of drug-likeness (QED) is 0.388. The minimum atomic E-state index is -3.92. The third-order valence-electron chi connectivity index (χ3n) is 3.90. The van der Waals surface area contributed by atoms with Gasteiger partial charge in [-0.05, 0) is 59.0 Å². The summed E-state index contributed by atoms with van der Waals surface area (Å²) in [5.74, 6) is 0. The Balaban J connectivity index is 2.17. The first kappa shape index (κ1) is 18.7. The first-order valence-corrected chi connectivity index (χ1v) is 10.3. The Hall–Kier alpha value is -2.06. The van der Waals surface area contributed by atoms with E-state index in [2.05, 4.69) is 4.40 Å². The highest BCUT2D eigenvalue weighted by Crippen LogP contribution is 2.35. The van der Waals surface area contributed by atoms with E-state index in [9.17, 15) is 8.42 Å². The predicted molar refractivity (Wildman–Crippen MR) is 110 cm³/mol. The van der Waals surface area contributed by atoms with Gasteiger partial charge in [-0.3, -0.25) is 5.14 Å². The molecule has 0 atom stereocenters. The number of hydrogen-bond acceptors (Lipinski definition) is 4. The molecule has 0 amide bonds. The second kappa shape index (κ2) is 7.28. The van der Waals surface area contributed by atoms with Gasteiger partial charge in [-0.15, -0.1) is 4.40 Å². The molecule has 0 fully saturated rings. The monoisotopic (exact) mass is 405 g/mol. The molecular weight excluding hydrogens is 390 g/mol. The van der Waals surface area contributed by atoms with Gasteiger partial charge >= 0.3 is 0 Å². The van der Waals surface area contributed by atoms with Crippen molar-refractivity contribution in [1.29, 1.82) is 0 Å². The Morgan fingerprint density at radius 2 is 1.85 bits per heavy atom. The molecule has 5 nitrogen and oxygen atoms in total. The number of aryl methyl sites for hydroxylation is 1. The molecule has 26 heavy (non-hydrogen) atoms.